The molecule has 1 fully saturated rings. The lowest BCUT2D eigenvalue weighted by molar-refractivity contribution is -0.149. The minimum Gasteiger partial charge on any atom is -0.465 e. The first-order valence-corrected chi connectivity index (χ1v) is 8.08. The number of esters is 2. The number of carbonyl (C=O) groups is 2. The van der Waals surface area contributed by atoms with Crippen molar-refractivity contribution in [1.82, 2.24) is 0 Å². The Balaban J connectivity index is 2.14. The van der Waals surface area contributed by atoms with Gasteiger partial charge in [-0.2, -0.15) is 0 Å². The first kappa shape index (κ1) is 16.2. The number of carbonyl (C=O) groups excluding carboxylic acids is 2. The molecule has 1 saturated heterocycles. The van der Waals surface area contributed by atoms with Gasteiger partial charge in [-0.1, -0.05) is 60.7 Å². The van der Waals surface area contributed by atoms with E-state index in [1.165, 1.54) is 6.92 Å². The van der Waals surface area contributed by atoms with Gasteiger partial charge in [0.25, 0.3) is 0 Å². The van der Waals surface area contributed by atoms with Gasteiger partial charge in [-0.25, -0.2) is 0 Å². The molecular formula is C20H20O4. The molecule has 2 aromatic carbocycles. The number of rotatable bonds is 3. The van der Waals surface area contributed by atoms with Crippen molar-refractivity contribution in [3.05, 3.63) is 71.8 Å². The van der Waals surface area contributed by atoms with E-state index in [1.54, 1.807) is 0 Å². The topological polar surface area (TPSA) is 52.6 Å². The molecule has 0 radical (unpaired) electrons. The Bertz CT molecular complexity index is 669. The Labute approximate surface area is 141 Å². The van der Waals surface area contributed by atoms with Gasteiger partial charge < -0.3 is 9.47 Å². The maximum absolute atomic E-state index is 13.0. The van der Waals surface area contributed by atoms with Crippen molar-refractivity contribution in [2.75, 3.05) is 6.61 Å². The Morgan fingerprint density at radius 1 is 1.04 bits per heavy atom. The molecule has 124 valence electrons. The van der Waals surface area contributed by atoms with Crippen LogP contribution >= 0.6 is 0 Å². The third-order valence-electron chi connectivity index (χ3n) is 4.42. The molecule has 4 heteroatoms. The lowest BCUT2D eigenvalue weighted by Gasteiger charge is -2.32. The average Bonchev–Trinajstić information content (AvgIpc) is 2.76. The molecule has 0 aromatic heterocycles. The largest absolute Gasteiger partial charge is 0.465 e. The zero-order chi connectivity index (χ0) is 17.0. The summed E-state index contributed by atoms with van der Waals surface area (Å²) in [6.07, 6.45) is 0.515. The lowest BCUT2D eigenvalue weighted by Crippen LogP contribution is -2.40. The van der Waals surface area contributed by atoms with Crippen LogP contribution in [0, 0.1) is 0 Å². The highest BCUT2D eigenvalue weighted by atomic mass is 16.6. The number of benzene rings is 2. The Morgan fingerprint density at radius 3 is 2.08 bits per heavy atom. The lowest BCUT2D eigenvalue weighted by atomic mass is 9.70. The quantitative estimate of drug-likeness (QED) is 0.813. The van der Waals surface area contributed by atoms with Crippen molar-refractivity contribution in [1.29, 1.82) is 0 Å². The molecule has 0 bridgehead atoms. The normalized spacial score (nSPS) is 19.9. The maximum Gasteiger partial charge on any atom is 0.321 e. The molecule has 1 heterocycles. The minimum atomic E-state index is -0.973. The van der Waals surface area contributed by atoms with Crippen LogP contribution in [-0.2, 0) is 24.5 Å². The molecular weight excluding hydrogens is 304 g/mol. The van der Waals surface area contributed by atoms with Crippen molar-refractivity contribution in [2.24, 2.45) is 0 Å². The fraction of sp³-hybridized carbons (Fsp3) is 0.300. The summed E-state index contributed by atoms with van der Waals surface area (Å²) in [4.78, 5) is 24.4. The number of hydrogen-bond acceptors (Lipinski definition) is 4. The van der Waals surface area contributed by atoms with E-state index < -0.39 is 5.41 Å². The third-order valence-corrected chi connectivity index (χ3v) is 4.42. The van der Waals surface area contributed by atoms with Gasteiger partial charge in [0.05, 0.1) is 6.61 Å². The fourth-order valence-corrected chi connectivity index (χ4v) is 3.35. The smallest absolute Gasteiger partial charge is 0.321 e. The number of ether oxygens (including phenoxy) is 2. The molecule has 4 nitrogen and oxygen atoms in total. The van der Waals surface area contributed by atoms with Crippen molar-refractivity contribution < 1.29 is 19.1 Å². The number of cyclic esters (lactones) is 1. The van der Waals surface area contributed by atoms with E-state index in [4.69, 9.17) is 9.47 Å². The first-order valence-electron chi connectivity index (χ1n) is 8.08. The van der Waals surface area contributed by atoms with Gasteiger partial charge in [-0.15, -0.1) is 0 Å². The van der Waals surface area contributed by atoms with Crippen LogP contribution in [0.25, 0.3) is 0 Å². The third kappa shape index (κ3) is 3.04. The van der Waals surface area contributed by atoms with Gasteiger partial charge in [-0.3, -0.25) is 9.59 Å². The van der Waals surface area contributed by atoms with Crippen molar-refractivity contribution in [3.8, 4) is 0 Å². The standard InChI is InChI=1S/C20H20O4/c1-15(21)24-18-12-13-23-19(22)20(14-18,16-8-4-2-5-9-16)17-10-6-3-7-11-17/h2-11,18H,12-14H2,1H3. The molecule has 0 N–H and O–H groups in total. The second-order valence-corrected chi connectivity index (χ2v) is 6.00. The van der Waals surface area contributed by atoms with Crippen LogP contribution in [0.4, 0.5) is 0 Å². The van der Waals surface area contributed by atoms with Crippen molar-refractivity contribution >= 4 is 11.9 Å². The van der Waals surface area contributed by atoms with Crippen LogP contribution in [0.3, 0.4) is 0 Å². The zero-order valence-corrected chi connectivity index (χ0v) is 13.6. The molecule has 0 spiro atoms. The van der Waals surface area contributed by atoms with Crippen molar-refractivity contribution in [3.63, 3.8) is 0 Å². The van der Waals surface area contributed by atoms with E-state index >= 15 is 0 Å². The van der Waals surface area contributed by atoms with E-state index in [1.807, 2.05) is 60.7 Å². The molecule has 1 unspecified atom stereocenters. The number of hydrogen-bond donors (Lipinski definition) is 0. The summed E-state index contributed by atoms with van der Waals surface area (Å²) in [6.45, 7) is 1.64. The summed E-state index contributed by atoms with van der Waals surface area (Å²) in [5, 5.41) is 0. The average molecular weight is 324 g/mol. The Morgan fingerprint density at radius 2 is 1.58 bits per heavy atom. The highest BCUT2D eigenvalue weighted by Crippen LogP contribution is 2.40. The summed E-state index contributed by atoms with van der Waals surface area (Å²) < 4.78 is 11.0. The van der Waals surface area contributed by atoms with E-state index in [2.05, 4.69) is 0 Å². The molecule has 1 atom stereocenters. The molecule has 1 aliphatic rings. The SMILES string of the molecule is CC(=O)OC1CCOC(=O)C(c2ccccc2)(c2ccccc2)C1. The molecule has 0 amide bonds. The molecule has 24 heavy (non-hydrogen) atoms. The second kappa shape index (κ2) is 6.87. The predicted molar refractivity (Wildman–Crippen MR) is 89.4 cm³/mol. The first-order chi connectivity index (χ1) is 11.6. The predicted octanol–water partition coefficient (Wildman–Crippen LogP) is 3.24. The Hall–Kier alpha value is -2.62. The summed E-state index contributed by atoms with van der Waals surface area (Å²) in [7, 11) is 0. The minimum absolute atomic E-state index is 0.248. The van der Waals surface area contributed by atoms with Crippen LogP contribution in [0.1, 0.15) is 30.9 Å². The van der Waals surface area contributed by atoms with Crippen LogP contribution < -0.4 is 0 Å². The second-order valence-electron chi connectivity index (χ2n) is 6.00. The van der Waals surface area contributed by atoms with Gasteiger partial charge in [0.1, 0.15) is 11.5 Å². The molecule has 2 aromatic rings. The molecule has 1 aliphatic heterocycles. The van der Waals surface area contributed by atoms with Gasteiger partial charge in [0, 0.05) is 19.8 Å². The van der Waals surface area contributed by atoms with Gasteiger partial charge in [0.2, 0.25) is 0 Å². The fourth-order valence-electron chi connectivity index (χ4n) is 3.35. The monoisotopic (exact) mass is 324 g/mol. The van der Waals surface area contributed by atoms with Crippen LogP contribution in [0.5, 0.6) is 0 Å². The molecule has 0 aliphatic carbocycles. The van der Waals surface area contributed by atoms with E-state index in [9.17, 15) is 9.59 Å². The summed E-state index contributed by atoms with van der Waals surface area (Å²) in [6, 6.07) is 19.1. The van der Waals surface area contributed by atoms with E-state index in [-0.39, 0.29) is 24.6 Å². The van der Waals surface area contributed by atoms with Crippen LogP contribution in [-0.4, -0.2) is 24.6 Å². The summed E-state index contributed by atoms with van der Waals surface area (Å²) in [5.41, 5.74) is 0.722. The van der Waals surface area contributed by atoms with Crippen LogP contribution in [0.2, 0.25) is 0 Å². The van der Waals surface area contributed by atoms with E-state index in [0.29, 0.717) is 12.8 Å². The van der Waals surface area contributed by atoms with Gasteiger partial charge >= 0.3 is 11.9 Å². The van der Waals surface area contributed by atoms with E-state index in [0.717, 1.165) is 11.1 Å². The maximum atomic E-state index is 13.0. The highest BCUT2D eigenvalue weighted by Gasteiger charge is 2.47. The van der Waals surface area contributed by atoms with Gasteiger partial charge in [-0.05, 0) is 11.1 Å². The summed E-state index contributed by atoms with van der Waals surface area (Å²) in [5.74, 6) is -0.640. The molecule has 3 rings (SSSR count). The van der Waals surface area contributed by atoms with Crippen LogP contribution in [0.15, 0.2) is 60.7 Å². The highest BCUT2D eigenvalue weighted by molar-refractivity contribution is 5.88. The van der Waals surface area contributed by atoms with Gasteiger partial charge in [0.15, 0.2) is 0 Å². The van der Waals surface area contributed by atoms with Crippen molar-refractivity contribution in [2.45, 2.75) is 31.3 Å². The zero-order valence-electron chi connectivity index (χ0n) is 13.6. The Kier molecular flexibility index (Phi) is 4.65. The molecule has 0 saturated carbocycles. The summed E-state index contributed by atoms with van der Waals surface area (Å²) >= 11 is 0.